The van der Waals surface area contributed by atoms with Crippen LogP contribution in [0.3, 0.4) is 0 Å². The number of hydrogen-bond donors (Lipinski definition) is 3. The fourth-order valence-corrected chi connectivity index (χ4v) is 3.55. The first kappa shape index (κ1) is 22.7. The molecule has 0 aliphatic carbocycles. The molecule has 0 aliphatic heterocycles. The molecule has 164 valence electrons. The smallest absolute Gasteiger partial charge is 0.328 e. The van der Waals surface area contributed by atoms with E-state index in [1.807, 2.05) is 12.3 Å². The van der Waals surface area contributed by atoms with Gasteiger partial charge in [-0.1, -0.05) is 30.3 Å². The summed E-state index contributed by atoms with van der Waals surface area (Å²) in [6, 6.07) is 19.5. The lowest BCUT2D eigenvalue weighted by Gasteiger charge is -2.06. The average Bonchev–Trinajstić information content (AvgIpc) is 3.12. The maximum absolute atomic E-state index is 9.55. The summed E-state index contributed by atoms with van der Waals surface area (Å²) in [6.07, 6.45) is 4.83. The standard InChI is InChI=1S/C21H21N3.C4H4O4/c1-2-24-20-8-4-3-7-18(20)19-12-16(9-10-21(19)24)13-23-15-17-6-5-11-22-14-17;5-3(6)1-2-4(7)8/h3-12,14,23H,2,13,15H2,1H3;1-2H,(H,5,6)(H,7,8). The molecule has 4 rings (SSSR count). The Hall–Kier alpha value is -3.97. The number of nitrogens with zero attached hydrogens (tertiary/aromatic N) is 2. The van der Waals surface area contributed by atoms with Crippen molar-refractivity contribution in [3.63, 3.8) is 0 Å². The highest BCUT2D eigenvalue weighted by atomic mass is 16.4. The van der Waals surface area contributed by atoms with Crippen molar-refractivity contribution in [2.45, 2.75) is 26.6 Å². The SMILES string of the molecule is CCn1c2ccccc2c2cc(CNCc3cccnc3)ccc21.O=C(O)C=CC(=O)O. The summed E-state index contributed by atoms with van der Waals surface area (Å²) in [5.74, 6) is -2.51. The number of pyridine rings is 1. The lowest BCUT2D eigenvalue weighted by Crippen LogP contribution is -2.12. The van der Waals surface area contributed by atoms with E-state index in [0.29, 0.717) is 12.2 Å². The van der Waals surface area contributed by atoms with Crippen LogP contribution in [-0.4, -0.2) is 31.7 Å². The molecule has 3 N–H and O–H groups in total. The monoisotopic (exact) mass is 431 g/mol. The van der Waals surface area contributed by atoms with Gasteiger partial charge in [0, 0.05) is 66.0 Å². The molecule has 0 amide bonds. The molecule has 0 radical (unpaired) electrons. The van der Waals surface area contributed by atoms with Crippen molar-refractivity contribution in [2.75, 3.05) is 0 Å². The zero-order valence-corrected chi connectivity index (χ0v) is 17.7. The number of nitrogens with one attached hydrogen (secondary N) is 1. The second-order valence-electron chi connectivity index (χ2n) is 7.09. The molecule has 32 heavy (non-hydrogen) atoms. The van der Waals surface area contributed by atoms with E-state index in [0.717, 1.165) is 19.6 Å². The van der Waals surface area contributed by atoms with Gasteiger partial charge in [0.05, 0.1) is 0 Å². The Labute approximate surface area is 185 Å². The molecule has 2 aromatic heterocycles. The van der Waals surface area contributed by atoms with Gasteiger partial charge in [0.1, 0.15) is 0 Å². The number of carbonyl (C=O) groups is 2. The minimum atomic E-state index is -1.26. The van der Waals surface area contributed by atoms with E-state index in [1.165, 1.54) is 32.9 Å². The number of aromatic nitrogens is 2. The molecule has 0 saturated carbocycles. The zero-order chi connectivity index (χ0) is 22.9. The highest BCUT2D eigenvalue weighted by Gasteiger charge is 2.09. The lowest BCUT2D eigenvalue weighted by molar-refractivity contribution is -0.134. The number of rotatable bonds is 7. The van der Waals surface area contributed by atoms with Crippen LogP contribution in [0.1, 0.15) is 18.1 Å². The summed E-state index contributed by atoms with van der Waals surface area (Å²) in [4.78, 5) is 23.3. The van der Waals surface area contributed by atoms with Crippen molar-refractivity contribution >= 4 is 33.7 Å². The van der Waals surface area contributed by atoms with Crippen LogP contribution in [0, 0.1) is 0 Å². The Morgan fingerprint density at radius 1 is 0.906 bits per heavy atom. The van der Waals surface area contributed by atoms with Crippen LogP contribution in [0.5, 0.6) is 0 Å². The quantitative estimate of drug-likeness (QED) is 0.379. The summed E-state index contributed by atoms with van der Waals surface area (Å²) in [6.45, 7) is 4.89. The van der Waals surface area contributed by atoms with Crippen molar-refractivity contribution in [1.29, 1.82) is 0 Å². The molecule has 0 fully saturated rings. The first-order valence-electron chi connectivity index (χ1n) is 10.2. The number of para-hydroxylation sites is 1. The summed E-state index contributed by atoms with van der Waals surface area (Å²) in [5, 5.41) is 21.8. The van der Waals surface area contributed by atoms with Crippen LogP contribution in [0.4, 0.5) is 0 Å². The molecule has 7 nitrogen and oxygen atoms in total. The molecule has 2 aromatic carbocycles. The number of benzene rings is 2. The molecule has 0 unspecified atom stereocenters. The number of carboxylic acids is 2. The van der Waals surface area contributed by atoms with Crippen molar-refractivity contribution in [3.8, 4) is 0 Å². The van der Waals surface area contributed by atoms with Gasteiger partial charge in [-0.15, -0.1) is 0 Å². The Balaban J connectivity index is 0.000000312. The predicted molar refractivity (Wildman–Crippen MR) is 124 cm³/mol. The molecule has 0 atom stereocenters. The molecular formula is C25H25N3O4. The summed E-state index contributed by atoms with van der Waals surface area (Å²) in [7, 11) is 0. The van der Waals surface area contributed by atoms with E-state index < -0.39 is 11.9 Å². The van der Waals surface area contributed by atoms with E-state index in [4.69, 9.17) is 10.2 Å². The van der Waals surface area contributed by atoms with Crippen molar-refractivity contribution in [3.05, 3.63) is 90.3 Å². The second kappa shape index (κ2) is 10.9. The highest BCUT2D eigenvalue weighted by molar-refractivity contribution is 6.08. The van der Waals surface area contributed by atoms with Gasteiger partial charge in [0.15, 0.2) is 0 Å². The number of fused-ring (bicyclic) bond motifs is 3. The van der Waals surface area contributed by atoms with Gasteiger partial charge in [0.2, 0.25) is 0 Å². The average molecular weight is 431 g/mol. The van der Waals surface area contributed by atoms with Gasteiger partial charge in [-0.2, -0.15) is 0 Å². The van der Waals surface area contributed by atoms with E-state index in [-0.39, 0.29) is 0 Å². The third-order valence-corrected chi connectivity index (χ3v) is 4.90. The number of aliphatic carboxylic acids is 2. The van der Waals surface area contributed by atoms with Crippen molar-refractivity contribution < 1.29 is 19.8 Å². The molecule has 0 spiro atoms. The van der Waals surface area contributed by atoms with Gasteiger partial charge in [-0.05, 0) is 42.3 Å². The fourth-order valence-electron chi connectivity index (χ4n) is 3.55. The Kier molecular flexibility index (Phi) is 7.72. The maximum atomic E-state index is 9.55. The molecule has 0 aliphatic rings. The van der Waals surface area contributed by atoms with Crippen LogP contribution in [0.25, 0.3) is 21.8 Å². The molecule has 0 saturated heterocycles. The van der Waals surface area contributed by atoms with Crippen LogP contribution in [-0.2, 0) is 29.2 Å². The normalized spacial score (nSPS) is 10.9. The summed E-state index contributed by atoms with van der Waals surface area (Å²) >= 11 is 0. The summed E-state index contributed by atoms with van der Waals surface area (Å²) in [5.41, 5.74) is 5.15. The van der Waals surface area contributed by atoms with E-state index in [2.05, 4.69) is 70.3 Å². The van der Waals surface area contributed by atoms with Crippen LogP contribution in [0.15, 0.2) is 79.1 Å². The molecule has 2 heterocycles. The minimum Gasteiger partial charge on any atom is -0.478 e. The van der Waals surface area contributed by atoms with Gasteiger partial charge in [-0.3, -0.25) is 4.98 Å². The highest BCUT2D eigenvalue weighted by Crippen LogP contribution is 2.29. The van der Waals surface area contributed by atoms with Crippen molar-refractivity contribution in [2.24, 2.45) is 0 Å². The third kappa shape index (κ3) is 5.80. The Morgan fingerprint density at radius 2 is 1.59 bits per heavy atom. The maximum Gasteiger partial charge on any atom is 0.328 e. The predicted octanol–water partition coefficient (Wildman–Crippen LogP) is 4.21. The van der Waals surface area contributed by atoms with Gasteiger partial charge in [-0.25, -0.2) is 9.59 Å². The van der Waals surface area contributed by atoms with Gasteiger partial charge in [0.25, 0.3) is 0 Å². The van der Waals surface area contributed by atoms with Crippen LogP contribution in [0.2, 0.25) is 0 Å². The zero-order valence-electron chi connectivity index (χ0n) is 17.7. The second-order valence-corrected chi connectivity index (χ2v) is 7.09. The lowest BCUT2D eigenvalue weighted by atomic mass is 10.1. The molecule has 7 heteroatoms. The van der Waals surface area contributed by atoms with Gasteiger partial charge >= 0.3 is 11.9 Å². The summed E-state index contributed by atoms with van der Waals surface area (Å²) < 4.78 is 2.39. The molecule has 0 bridgehead atoms. The van der Waals surface area contributed by atoms with E-state index >= 15 is 0 Å². The molecular weight excluding hydrogens is 406 g/mol. The third-order valence-electron chi connectivity index (χ3n) is 4.90. The minimum absolute atomic E-state index is 0.558. The Morgan fingerprint density at radius 3 is 2.25 bits per heavy atom. The molecule has 4 aromatic rings. The van der Waals surface area contributed by atoms with Crippen molar-refractivity contribution in [1.82, 2.24) is 14.9 Å². The largest absolute Gasteiger partial charge is 0.478 e. The Bertz CT molecular complexity index is 1230. The van der Waals surface area contributed by atoms with Crippen LogP contribution < -0.4 is 5.32 Å². The fraction of sp³-hybridized carbons (Fsp3) is 0.160. The number of carboxylic acid groups (broad SMARTS) is 2. The topological polar surface area (TPSA) is 104 Å². The van der Waals surface area contributed by atoms with Gasteiger partial charge < -0.3 is 20.1 Å². The van der Waals surface area contributed by atoms with E-state index in [1.54, 1.807) is 6.20 Å². The van der Waals surface area contributed by atoms with E-state index in [9.17, 15) is 9.59 Å². The number of hydrogen-bond acceptors (Lipinski definition) is 4. The number of aryl methyl sites for hydroxylation is 1. The van der Waals surface area contributed by atoms with Crippen LogP contribution >= 0.6 is 0 Å². The first-order valence-corrected chi connectivity index (χ1v) is 10.2. The first-order chi connectivity index (χ1) is 15.5.